The molecule has 0 aliphatic heterocycles. The van der Waals surface area contributed by atoms with Crippen molar-refractivity contribution in [2.24, 2.45) is 5.73 Å². The van der Waals surface area contributed by atoms with E-state index in [0.29, 0.717) is 24.1 Å². The lowest BCUT2D eigenvalue weighted by atomic mass is 9.97. The fourth-order valence-corrected chi connectivity index (χ4v) is 3.33. The lowest BCUT2D eigenvalue weighted by Crippen LogP contribution is -2.13. The van der Waals surface area contributed by atoms with Crippen LogP contribution in [0.25, 0.3) is 11.1 Å². The van der Waals surface area contributed by atoms with Gasteiger partial charge in [-0.05, 0) is 37.5 Å². The van der Waals surface area contributed by atoms with Gasteiger partial charge in [0.05, 0.1) is 18.2 Å². The minimum absolute atomic E-state index is 0.0816. The summed E-state index contributed by atoms with van der Waals surface area (Å²) in [6.07, 6.45) is 2.30. The van der Waals surface area contributed by atoms with E-state index in [1.165, 1.54) is 7.11 Å². The highest BCUT2D eigenvalue weighted by Crippen LogP contribution is 2.34. The predicted molar refractivity (Wildman–Crippen MR) is 100 cm³/mol. The summed E-state index contributed by atoms with van der Waals surface area (Å²) in [5, 5.41) is 9.20. The third kappa shape index (κ3) is 3.80. The zero-order valence-corrected chi connectivity index (χ0v) is 15.5. The molecule has 140 valence electrons. The Morgan fingerprint density at radius 1 is 1.23 bits per heavy atom. The van der Waals surface area contributed by atoms with Gasteiger partial charge in [0.1, 0.15) is 0 Å². The molecule has 0 fully saturated rings. The summed E-state index contributed by atoms with van der Waals surface area (Å²) < 4.78 is 6.81. The SMILES string of the molecule is CCCc1c(-c2ccc(C(=O)OC)cc2)c(C(N)=O)c(C)n1CCCO. The van der Waals surface area contributed by atoms with Crippen molar-refractivity contribution in [3.05, 3.63) is 46.8 Å². The van der Waals surface area contributed by atoms with Crippen molar-refractivity contribution in [1.29, 1.82) is 0 Å². The fraction of sp³-hybridized carbons (Fsp3) is 0.400. The first-order chi connectivity index (χ1) is 12.5. The zero-order valence-electron chi connectivity index (χ0n) is 15.5. The molecular weight excluding hydrogens is 332 g/mol. The molecule has 0 saturated heterocycles. The maximum atomic E-state index is 12.2. The number of carbonyl (C=O) groups excluding carboxylic acids is 2. The number of aliphatic hydroxyl groups is 1. The van der Waals surface area contributed by atoms with Crippen LogP contribution in [0.1, 0.15) is 51.9 Å². The topological polar surface area (TPSA) is 94.5 Å². The highest BCUT2D eigenvalue weighted by Gasteiger charge is 2.24. The summed E-state index contributed by atoms with van der Waals surface area (Å²) in [6, 6.07) is 6.98. The van der Waals surface area contributed by atoms with Crippen LogP contribution in [0, 0.1) is 6.92 Å². The van der Waals surface area contributed by atoms with Crippen molar-refractivity contribution in [2.45, 2.75) is 39.7 Å². The van der Waals surface area contributed by atoms with E-state index in [1.54, 1.807) is 12.1 Å². The average Bonchev–Trinajstić information content (AvgIpc) is 2.91. The number of aliphatic hydroxyl groups excluding tert-OH is 1. The second kappa shape index (κ2) is 8.67. The first-order valence-electron chi connectivity index (χ1n) is 8.77. The van der Waals surface area contributed by atoms with Gasteiger partial charge in [0, 0.05) is 30.1 Å². The van der Waals surface area contributed by atoms with Gasteiger partial charge in [-0.1, -0.05) is 25.5 Å². The number of primary amides is 1. The van der Waals surface area contributed by atoms with Crippen LogP contribution in [0.2, 0.25) is 0 Å². The maximum Gasteiger partial charge on any atom is 0.337 e. The summed E-state index contributed by atoms with van der Waals surface area (Å²) in [5.41, 5.74) is 10.1. The Balaban J connectivity index is 2.64. The Morgan fingerprint density at radius 3 is 2.38 bits per heavy atom. The van der Waals surface area contributed by atoms with Gasteiger partial charge in [-0.15, -0.1) is 0 Å². The second-order valence-electron chi connectivity index (χ2n) is 6.19. The lowest BCUT2D eigenvalue weighted by Gasteiger charge is -2.12. The molecule has 0 spiro atoms. The van der Waals surface area contributed by atoms with E-state index in [4.69, 9.17) is 10.5 Å². The number of rotatable bonds is 8. The molecule has 0 aliphatic rings. The summed E-state index contributed by atoms with van der Waals surface area (Å²) in [6.45, 7) is 4.66. The van der Waals surface area contributed by atoms with Gasteiger partial charge >= 0.3 is 5.97 Å². The normalized spacial score (nSPS) is 10.8. The molecule has 26 heavy (non-hydrogen) atoms. The van der Waals surface area contributed by atoms with E-state index in [1.807, 2.05) is 19.1 Å². The first-order valence-corrected chi connectivity index (χ1v) is 8.77. The number of nitrogens with zero attached hydrogens (tertiary/aromatic N) is 1. The molecule has 0 bridgehead atoms. The summed E-state index contributed by atoms with van der Waals surface area (Å²) >= 11 is 0. The summed E-state index contributed by atoms with van der Waals surface area (Å²) in [5.74, 6) is -0.883. The molecular formula is C20H26N2O4. The van der Waals surface area contributed by atoms with Gasteiger partial charge < -0.3 is 20.1 Å². The highest BCUT2D eigenvalue weighted by molar-refractivity contribution is 6.02. The van der Waals surface area contributed by atoms with Gasteiger partial charge in [-0.2, -0.15) is 0 Å². The molecule has 1 aromatic carbocycles. The molecule has 6 heteroatoms. The van der Waals surface area contributed by atoms with Gasteiger partial charge in [-0.3, -0.25) is 4.79 Å². The Hall–Kier alpha value is -2.60. The number of ether oxygens (including phenoxy) is 1. The molecule has 0 radical (unpaired) electrons. The molecule has 1 heterocycles. The van der Waals surface area contributed by atoms with Gasteiger partial charge in [0.25, 0.3) is 5.91 Å². The number of hydrogen-bond donors (Lipinski definition) is 2. The van der Waals surface area contributed by atoms with Crippen molar-refractivity contribution < 1.29 is 19.4 Å². The number of aromatic nitrogens is 1. The lowest BCUT2D eigenvalue weighted by molar-refractivity contribution is 0.0600. The molecule has 0 aliphatic carbocycles. The minimum atomic E-state index is -0.477. The Kier molecular flexibility index (Phi) is 6.58. The summed E-state index contributed by atoms with van der Waals surface area (Å²) in [4.78, 5) is 23.8. The van der Waals surface area contributed by atoms with Crippen molar-refractivity contribution in [3.8, 4) is 11.1 Å². The molecule has 1 amide bonds. The quantitative estimate of drug-likeness (QED) is 0.709. The highest BCUT2D eigenvalue weighted by atomic mass is 16.5. The molecule has 0 atom stereocenters. The number of benzene rings is 1. The predicted octanol–water partition coefficient (Wildman–Crippen LogP) is 2.68. The van der Waals surface area contributed by atoms with Crippen LogP contribution >= 0.6 is 0 Å². The standard InChI is InChI=1S/C20H26N2O4/c1-4-6-16-18(14-7-9-15(10-8-14)20(25)26-3)17(19(21)24)13(2)22(16)11-5-12-23/h7-10,23H,4-6,11-12H2,1-3H3,(H2,21,24). The minimum Gasteiger partial charge on any atom is -0.465 e. The summed E-state index contributed by atoms with van der Waals surface area (Å²) in [7, 11) is 1.34. The first kappa shape index (κ1) is 19.7. The van der Waals surface area contributed by atoms with E-state index in [0.717, 1.165) is 35.4 Å². The van der Waals surface area contributed by atoms with Gasteiger partial charge in [0.15, 0.2) is 0 Å². The van der Waals surface area contributed by atoms with Crippen molar-refractivity contribution in [2.75, 3.05) is 13.7 Å². The van der Waals surface area contributed by atoms with Crippen LogP contribution in [0.3, 0.4) is 0 Å². The molecule has 2 rings (SSSR count). The van der Waals surface area contributed by atoms with E-state index < -0.39 is 11.9 Å². The van der Waals surface area contributed by atoms with Crippen LogP contribution in [0.5, 0.6) is 0 Å². The van der Waals surface area contributed by atoms with Gasteiger partial charge in [-0.25, -0.2) is 4.79 Å². The molecule has 0 saturated carbocycles. The van der Waals surface area contributed by atoms with E-state index in [9.17, 15) is 14.7 Å². The van der Waals surface area contributed by atoms with E-state index in [-0.39, 0.29) is 6.61 Å². The maximum absolute atomic E-state index is 12.2. The Bertz CT molecular complexity index is 791. The Labute approximate surface area is 153 Å². The molecule has 1 aromatic heterocycles. The third-order valence-corrected chi connectivity index (χ3v) is 4.50. The Morgan fingerprint density at radius 2 is 1.88 bits per heavy atom. The van der Waals surface area contributed by atoms with Crippen LogP contribution < -0.4 is 5.73 Å². The molecule has 6 nitrogen and oxygen atoms in total. The number of carbonyl (C=O) groups is 2. The van der Waals surface area contributed by atoms with Gasteiger partial charge in [0.2, 0.25) is 0 Å². The number of hydrogen-bond acceptors (Lipinski definition) is 4. The largest absolute Gasteiger partial charge is 0.465 e. The smallest absolute Gasteiger partial charge is 0.337 e. The fourth-order valence-electron chi connectivity index (χ4n) is 3.33. The van der Waals surface area contributed by atoms with Crippen LogP contribution in [0.4, 0.5) is 0 Å². The average molecular weight is 358 g/mol. The number of esters is 1. The molecule has 2 aromatic rings. The van der Waals surface area contributed by atoms with E-state index in [2.05, 4.69) is 11.5 Å². The number of methoxy groups -OCH3 is 1. The van der Waals surface area contributed by atoms with Crippen molar-refractivity contribution in [1.82, 2.24) is 4.57 Å². The van der Waals surface area contributed by atoms with Crippen LogP contribution in [0.15, 0.2) is 24.3 Å². The third-order valence-electron chi connectivity index (χ3n) is 4.50. The molecule has 0 unspecified atom stereocenters. The second-order valence-corrected chi connectivity index (χ2v) is 6.19. The molecule has 3 N–H and O–H groups in total. The zero-order chi connectivity index (χ0) is 19.3. The van der Waals surface area contributed by atoms with Crippen molar-refractivity contribution in [3.63, 3.8) is 0 Å². The van der Waals surface area contributed by atoms with Crippen LogP contribution in [-0.4, -0.2) is 35.3 Å². The van der Waals surface area contributed by atoms with E-state index >= 15 is 0 Å². The number of nitrogens with two attached hydrogens (primary N) is 1. The monoisotopic (exact) mass is 358 g/mol. The number of amides is 1. The van der Waals surface area contributed by atoms with Crippen LogP contribution in [-0.2, 0) is 17.7 Å². The van der Waals surface area contributed by atoms with Crippen molar-refractivity contribution >= 4 is 11.9 Å².